The van der Waals surface area contributed by atoms with Gasteiger partial charge in [-0.15, -0.1) is 0 Å². The minimum Gasteiger partial charge on any atom is -0.495 e. The lowest BCUT2D eigenvalue weighted by Crippen LogP contribution is -2.42. The van der Waals surface area contributed by atoms with Crippen LogP contribution in [0.2, 0.25) is 0 Å². The van der Waals surface area contributed by atoms with Crippen molar-refractivity contribution in [2.75, 3.05) is 58.9 Å². The van der Waals surface area contributed by atoms with E-state index in [0.29, 0.717) is 12.5 Å². The van der Waals surface area contributed by atoms with Crippen LogP contribution in [0.15, 0.2) is 29.3 Å². The lowest BCUT2D eigenvalue weighted by atomic mass is 9.99. The normalized spacial score (nSPS) is 25.1. The molecule has 0 spiro atoms. The topological polar surface area (TPSA) is 66.4 Å². The first-order valence-corrected chi connectivity index (χ1v) is 9.98. The Hall–Kier alpha value is -2.44. The van der Waals surface area contributed by atoms with Crippen LogP contribution < -0.4 is 15.0 Å². The van der Waals surface area contributed by atoms with Gasteiger partial charge in [0, 0.05) is 39.8 Å². The molecule has 7 nitrogen and oxygen atoms in total. The van der Waals surface area contributed by atoms with Crippen molar-refractivity contribution < 1.29 is 14.3 Å². The van der Waals surface area contributed by atoms with Crippen LogP contribution >= 0.6 is 0 Å². The third kappa shape index (κ3) is 4.34. The van der Waals surface area contributed by atoms with Crippen LogP contribution in [-0.2, 0) is 9.53 Å². The van der Waals surface area contributed by atoms with E-state index in [0.717, 1.165) is 50.0 Å². The van der Waals surface area contributed by atoms with Crippen molar-refractivity contribution in [1.82, 2.24) is 10.2 Å². The summed E-state index contributed by atoms with van der Waals surface area (Å²) in [6.07, 6.45) is 1.13. The average Bonchev–Trinajstić information content (AvgIpc) is 3.35. The van der Waals surface area contributed by atoms with Crippen molar-refractivity contribution in [3.63, 3.8) is 0 Å². The van der Waals surface area contributed by atoms with Gasteiger partial charge in [-0.05, 0) is 30.4 Å². The molecule has 2 aliphatic heterocycles. The Morgan fingerprint density at radius 1 is 1.25 bits per heavy atom. The first kappa shape index (κ1) is 20.3. The summed E-state index contributed by atoms with van der Waals surface area (Å²) in [5.41, 5.74) is 1.16. The van der Waals surface area contributed by atoms with Gasteiger partial charge in [-0.1, -0.05) is 19.1 Å². The molecule has 0 aromatic heterocycles. The largest absolute Gasteiger partial charge is 0.495 e. The molecule has 0 amide bonds. The first-order chi connectivity index (χ1) is 13.6. The molecule has 154 valence electrons. The number of carbonyl (C=O) groups is 1. The van der Waals surface area contributed by atoms with Crippen molar-refractivity contribution in [3.8, 4) is 5.75 Å². The molecule has 2 aliphatic rings. The van der Waals surface area contributed by atoms with Crippen LogP contribution in [0.4, 0.5) is 5.69 Å². The zero-order valence-electron chi connectivity index (χ0n) is 17.4. The maximum Gasteiger partial charge on any atom is 0.310 e. The van der Waals surface area contributed by atoms with Gasteiger partial charge in [-0.2, -0.15) is 0 Å². The van der Waals surface area contributed by atoms with E-state index >= 15 is 0 Å². The molecule has 2 fully saturated rings. The summed E-state index contributed by atoms with van der Waals surface area (Å²) in [4.78, 5) is 20.9. The number of nitrogens with zero attached hydrogens (tertiary/aromatic N) is 3. The van der Waals surface area contributed by atoms with Crippen molar-refractivity contribution in [2.45, 2.75) is 13.3 Å². The highest BCUT2D eigenvalue weighted by Gasteiger charge is 2.37. The molecule has 1 N–H and O–H groups in total. The SMILES string of the molecule is CN=C(NCC1CCN(c2ccccc2OC)C1)N1CC(C)C(C(=O)OC)C1. The molecular formula is C21H32N4O3. The number of para-hydroxylation sites is 2. The molecule has 0 aliphatic carbocycles. The molecule has 1 aromatic carbocycles. The van der Waals surface area contributed by atoms with Crippen LogP contribution in [0.25, 0.3) is 0 Å². The van der Waals surface area contributed by atoms with Crippen LogP contribution in [0.3, 0.4) is 0 Å². The Balaban J connectivity index is 1.53. The highest BCUT2D eigenvalue weighted by molar-refractivity contribution is 5.82. The minimum absolute atomic E-state index is 0.0870. The second-order valence-electron chi connectivity index (χ2n) is 7.71. The number of aliphatic imine (C=N–C) groups is 1. The summed E-state index contributed by atoms with van der Waals surface area (Å²) in [5.74, 6) is 2.38. The van der Waals surface area contributed by atoms with E-state index in [1.54, 1.807) is 14.2 Å². The smallest absolute Gasteiger partial charge is 0.310 e. The number of nitrogens with one attached hydrogen (secondary N) is 1. The number of esters is 1. The van der Waals surface area contributed by atoms with Gasteiger partial charge in [0.1, 0.15) is 5.75 Å². The summed E-state index contributed by atoms with van der Waals surface area (Å²) >= 11 is 0. The minimum atomic E-state index is -0.131. The molecule has 28 heavy (non-hydrogen) atoms. The Morgan fingerprint density at radius 2 is 2.04 bits per heavy atom. The predicted molar refractivity (Wildman–Crippen MR) is 111 cm³/mol. The van der Waals surface area contributed by atoms with Crippen LogP contribution in [0, 0.1) is 17.8 Å². The Bertz CT molecular complexity index is 709. The van der Waals surface area contributed by atoms with E-state index in [2.05, 4.69) is 39.2 Å². The van der Waals surface area contributed by atoms with E-state index in [-0.39, 0.29) is 17.8 Å². The van der Waals surface area contributed by atoms with Gasteiger partial charge in [-0.25, -0.2) is 0 Å². The van der Waals surface area contributed by atoms with Gasteiger partial charge in [0.2, 0.25) is 0 Å². The molecule has 3 rings (SSSR count). The second-order valence-corrected chi connectivity index (χ2v) is 7.71. The van der Waals surface area contributed by atoms with Gasteiger partial charge in [-0.3, -0.25) is 9.79 Å². The van der Waals surface area contributed by atoms with Crippen molar-refractivity contribution >= 4 is 17.6 Å². The number of ether oxygens (including phenoxy) is 2. The van der Waals surface area contributed by atoms with Crippen molar-refractivity contribution in [2.24, 2.45) is 22.7 Å². The average molecular weight is 389 g/mol. The molecule has 0 radical (unpaired) electrons. The fourth-order valence-electron chi connectivity index (χ4n) is 4.27. The fraction of sp³-hybridized carbons (Fsp3) is 0.619. The second kappa shape index (κ2) is 9.17. The van der Waals surface area contributed by atoms with Crippen molar-refractivity contribution in [3.05, 3.63) is 24.3 Å². The molecule has 7 heteroatoms. The number of carbonyl (C=O) groups excluding carboxylic acids is 1. The van der Waals surface area contributed by atoms with Crippen LogP contribution in [-0.4, -0.2) is 70.8 Å². The Labute approximate surface area is 167 Å². The Morgan fingerprint density at radius 3 is 2.75 bits per heavy atom. The molecule has 3 atom stereocenters. The predicted octanol–water partition coefficient (Wildman–Crippen LogP) is 1.84. The third-order valence-electron chi connectivity index (χ3n) is 5.89. The monoisotopic (exact) mass is 388 g/mol. The fourth-order valence-corrected chi connectivity index (χ4v) is 4.27. The van der Waals surface area contributed by atoms with Gasteiger partial charge in [0.05, 0.1) is 25.8 Å². The molecule has 0 bridgehead atoms. The molecule has 2 heterocycles. The van der Waals surface area contributed by atoms with Gasteiger partial charge in [0.15, 0.2) is 5.96 Å². The van der Waals surface area contributed by atoms with Gasteiger partial charge >= 0.3 is 5.97 Å². The number of methoxy groups -OCH3 is 2. The van der Waals surface area contributed by atoms with E-state index in [4.69, 9.17) is 9.47 Å². The Kier molecular flexibility index (Phi) is 6.65. The van der Waals surface area contributed by atoms with Gasteiger partial charge in [0.25, 0.3) is 0 Å². The summed E-state index contributed by atoms with van der Waals surface area (Å²) in [5, 5.41) is 3.52. The van der Waals surface area contributed by atoms with Crippen LogP contribution in [0.1, 0.15) is 13.3 Å². The van der Waals surface area contributed by atoms with E-state index in [1.807, 2.05) is 12.1 Å². The standard InChI is InChI=1S/C21H32N4O3/c1-15-12-25(14-17(15)20(26)28-4)21(22-2)23-11-16-9-10-24(13-16)18-7-5-6-8-19(18)27-3/h5-8,15-17H,9-14H2,1-4H3,(H,22,23). The molecule has 2 saturated heterocycles. The number of likely N-dealkylation sites (tertiary alicyclic amines) is 1. The summed E-state index contributed by atoms with van der Waals surface area (Å²) in [6.45, 7) is 6.45. The van der Waals surface area contributed by atoms with E-state index in [9.17, 15) is 4.79 Å². The third-order valence-corrected chi connectivity index (χ3v) is 5.89. The molecule has 3 unspecified atom stereocenters. The number of rotatable bonds is 5. The lowest BCUT2D eigenvalue weighted by Gasteiger charge is -2.24. The zero-order chi connectivity index (χ0) is 20.1. The van der Waals surface area contributed by atoms with E-state index in [1.165, 1.54) is 7.11 Å². The maximum atomic E-state index is 11.9. The van der Waals surface area contributed by atoms with E-state index < -0.39 is 0 Å². The highest BCUT2D eigenvalue weighted by Crippen LogP contribution is 2.32. The van der Waals surface area contributed by atoms with Crippen molar-refractivity contribution in [1.29, 1.82) is 0 Å². The van der Waals surface area contributed by atoms with Crippen LogP contribution in [0.5, 0.6) is 5.75 Å². The molecule has 0 saturated carbocycles. The number of benzene rings is 1. The number of hydrogen-bond acceptors (Lipinski definition) is 5. The molecular weight excluding hydrogens is 356 g/mol. The number of anilines is 1. The number of hydrogen-bond donors (Lipinski definition) is 1. The lowest BCUT2D eigenvalue weighted by molar-refractivity contribution is -0.145. The molecule has 1 aromatic rings. The summed E-state index contributed by atoms with van der Waals surface area (Å²) in [6, 6.07) is 8.18. The summed E-state index contributed by atoms with van der Waals surface area (Å²) < 4.78 is 10.4. The summed E-state index contributed by atoms with van der Waals surface area (Å²) in [7, 11) is 4.98. The number of guanidine groups is 1. The van der Waals surface area contributed by atoms with Gasteiger partial charge < -0.3 is 24.6 Å². The quantitative estimate of drug-likeness (QED) is 0.472. The zero-order valence-corrected chi connectivity index (χ0v) is 17.4. The first-order valence-electron chi connectivity index (χ1n) is 9.98. The maximum absolute atomic E-state index is 11.9. The highest BCUT2D eigenvalue weighted by atomic mass is 16.5.